The van der Waals surface area contributed by atoms with Crippen molar-refractivity contribution in [2.45, 2.75) is 33.5 Å². The number of likely N-dealkylation sites (N-methyl/N-ethyl adjacent to an activating group) is 1. The molecule has 1 atom stereocenters. The number of rotatable bonds is 10. The summed E-state index contributed by atoms with van der Waals surface area (Å²) < 4.78 is 47.9. The average molecular weight is 392 g/mol. The lowest BCUT2D eigenvalue weighted by molar-refractivity contribution is 0.190. The normalized spacial score (nSPS) is 18.6. The largest absolute Gasteiger partial charge is 0.377 e. The van der Waals surface area contributed by atoms with Gasteiger partial charge in [0.15, 0.2) is 5.78 Å². The van der Waals surface area contributed by atoms with Crippen LogP contribution in [0.15, 0.2) is 23.2 Å². The first-order valence-electron chi connectivity index (χ1n) is 8.16. The summed E-state index contributed by atoms with van der Waals surface area (Å²) in [6.45, 7) is 7.43. The molecule has 0 amide bonds. The molecular weight excluding hydrogens is 366 g/mol. The maximum Gasteiger partial charge on any atom is 0.377 e. The van der Waals surface area contributed by atoms with Crippen molar-refractivity contribution in [1.29, 1.82) is 5.26 Å². The fraction of sp³-hybridized carbons (Fsp3) is 0.667. The Morgan fingerprint density at radius 3 is 1.88 bits per heavy atom. The SMILES string of the molecule is CCOP(=O)(OCC)C1=CC=C(C#N)C(P(=O)(OCC)OCC)N1C. The van der Waals surface area contributed by atoms with Crippen molar-refractivity contribution < 1.29 is 27.2 Å². The molecule has 1 unspecified atom stereocenters. The van der Waals surface area contributed by atoms with Gasteiger partial charge in [0.05, 0.1) is 38.1 Å². The van der Waals surface area contributed by atoms with E-state index >= 15 is 0 Å². The molecule has 1 rings (SSSR count). The Bertz CT molecular complexity index is 635. The van der Waals surface area contributed by atoms with Gasteiger partial charge in [0.25, 0.3) is 0 Å². The van der Waals surface area contributed by atoms with Gasteiger partial charge in [-0.1, -0.05) is 0 Å². The molecule has 1 aliphatic heterocycles. The molecule has 0 aromatic rings. The molecule has 8 nitrogen and oxygen atoms in total. The van der Waals surface area contributed by atoms with E-state index in [1.165, 1.54) is 17.1 Å². The monoisotopic (exact) mass is 392 g/mol. The van der Waals surface area contributed by atoms with Crippen LogP contribution < -0.4 is 0 Å². The van der Waals surface area contributed by atoms with Crippen molar-refractivity contribution in [3.63, 3.8) is 0 Å². The Kier molecular flexibility index (Phi) is 8.56. The predicted octanol–water partition coefficient (Wildman–Crippen LogP) is 4.08. The van der Waals surface area contributed by atoms with Gasteiger partial charge in [-0.3, -0.25) is 9.13 Å². The molecule has 0 spiro atoms. The van der Waals surface area contributed by atoms with Gasteiger partial charge in [0.2, 0.25) is 0 Å². The van der Waals surface area contributed by atoms with Crippen LogP contribution in [0.3, 0.4) is 0 Å². The van der Waals surface area contributed by atoms with Gasteiger partial charge in [-0.2, -0.15) is 5.26 Å². The Morgan fingerprint density at radius 2 is 1.48 bits per heavy atom. The van der Waals surface area contributed by atoms with Gasteiger partial charge in [-0.05, 0) is 39.8 Å². The lowest BCUT2D eigenvalue weighted by atomic mass is 10.2. The highest BCUT2D eigenvalue weighted by molar-refractivity contribution is 7.58. The maximum absolute atomic E-state index is 13.3. The van der Waals surface area contributed by atoms with Gasteiger partial charge in [0.1, 0.15) is 5.44 Å². The number of hydrogen-bond donors (Lipinski definition) is 0. The molecule has 10 heteroatoms. The summed E-state index contributed by atoms with van der Waals surface area (Å²) >= 11 is 0. The van der Waals surface area contributed by atoms with Crippen LogP contribution in [0.2, 0.25) is 0 Å². The van der Waals surface area contributed by atoms with E-state index in [9.17, 15) is 14.4 Å². The van der Waals surface area contributed by atoms with Crippen molar-refractivity contribution in [2.24, 2.45) is 0 Å². The molecule has 25 heavy (non-hydrogen) atoms. The van der Waals surface area contributed by atoms with E-state index in [2.05, 4.69) is 0 Å². The lowest BCUT2D eigenvalue weighted by Crippen LogP contribution is -2.36. The lowest BCUT2D eigenvalue weighted by Gasteiger charge is -2.38. The van der Waals surface area contributed by atoms with Crippen molar-refractivity contribution >= 4 is 15.2 Å². The van der Waals surface area contributed by atoms with Crippen molar-refractivity contribution in [1.82, 2.24) is 4.90 Å². The Balaban J connectivity index is 3.42. The van der Waals surface area contributed by atoms with Crippen LogP contribution in [0, 0.1) is 11.3 Å². The quantitative estimate of drug-likeness (QED) is 0.513. The molecule has 0 saturated heterocycles. The summed E-state index contributed by atoms with van der Waals surface area (Å²) in [4.78, 5) is 1.44. The van der Waals surface area contributed by atoms with E-state index in [1.54, 1.807) is 34.7 Å². The molecule has 1 heterocycles. The van der Waals surface area contributed by atoms with Gasteiger partial charge in [0, 0.05) is 7.05 Å². The van der Waals surface area contributed by atoms with Crippen LogP contribution in [0.25, 0.3) is 0 Å². The zero-order chi connectivity index (χ0) is 19.1. The first kappa shape index (κ1) is 22.1. The number of nitriles is 1. The molecular formula is C15H26N2O6P2. The molecule has 0 N–H and O–H groups in total. The smallest absolute Gasteiger partial charge is 0.350 e. The second-order valence-corrected chi connectivity index (χ2v) is 9.01. The summed E-state index contributed by atoms with van der Waals surface area (Å²) in [5, 5.41) is 9.44. The van der Waals surface area contributed by atoms with Gasteiger partial charge in [-0.25, -0.2) is 0 Å². The van der Waals surface area contributed by atoms with Gasteiger partial charge in [-0.15, -0.1) is 0 Å². The topological polar surface area (TPSA) is 98.1 Å². The molecule has 0 aliphatic carbocycles. The predicted molar refractivity (Wildman–Crippen MR) is 95.0 cm³/mol. The van der Waals surface area contributed by atoms with Crippen LogP contribution in [-0.4, -0.2) is 44.2 Å². The first-order valence-corrected chi connectivity index (χ1v) is 11.3. The van der Waals surface area contributed by atoms with Gasteiger partial charge >= 0.3 is 15.2 Å². The zero-order valence-corrected chi connectivity index (χ0v) is 17.1. The summed E-state index contributed by atoms with van der Waals surface area (Å²) in [6.07, 6.45) is 2.94. The van der Waals surface area contributed by atoms with E-state index in [4.69, 9.17) is 18.1 Å². The standard InChI is InChI=1S/C15H26N2O6P2/c1-6-20-24(18,21-7-2)14-11-10-13(12-16)15(17(14)5)25(19,22-8-3)23-9-4/h10-11,15H,6-9H2,1-5H3. The summed E-state index contributed by atoms with van der Waals surface area (Å²) in [7, 11) is -5.77. The third kappa shape index (κ3) is 4.83. The zero-order valence-electron chi connectivity index (χ0n) is 15.3. The highest BCUT2D eigenvalue weighted by Crippen LogP contribution is 2.64. The second kappa shape index (κ2) is 9.68. The summed E-state index contributed by atoms with van der Waals surface area (Å²) in [5.41, 5.74) is 0.399. The van der Waals surface area contributed by atoms with Crippen molar-refractivity contribution in [3.8, 4) is 6.07 Å². The minimum absolute atomic E-state index is 0.147. The highest BCUT2D eigenvalue weighted by atomic mass is 31.2. The van der Waals surface area contributed by atoms with E-state index in [0.717, 1.165) is 0 Å². The van der Waals surface area contributed by atoms with E-state index < -0.39 is 21.0 Å². The Labute approximate surface area is 149 Å². The molecule has 0 bridgehead atoms. The fourth-order valence-corrected chi connectivity index (χ4v) is 6.49. The second-order valence-electron chi connectivity index (χ2n) is 4.95. The summed E-state index contributed by atoms with van der Waals surface area (Å²) in [6, 6.07) is 2.01. The van der Waals surface area contributed by atoms with Gasteiger partial charge < -0.3 is 23.0 Å². The molecule has 0 saturated carbocycles. The minimum Gasteiger partial charge on any atom is -0.350 e. The molecule has 1 aliphatic rings. The van der Waals surface area contributed by atoms with Crippen LogP contribution in [0.1, 0.15) is 27.7 Å². The Hall–Kier alpha value is -0.930. The molecule has 0 aromatic carbocycles. The molecule has 0 fully saturated rings. The first-order chi connectivity index (χ1) is 11.8. The number of nitrogens with zero attached hydrogens (tertiary/aromatic N) is 2. The summed E-state index contributed by atoms with van der Waals surface area (Å²) in [5.74, 6) is -1.02. The van der Waals surface area contributed by atoms with Crippen LogP contribution in [0.5, 0.6) is 0 Å². The number of allylic oxidation sites excluding steroid dienone is 2. The number of hydrogen-bond acceptors (Lipinski definition) is 8. The molecule has 142 valence electrons. The Morgan fingerprint density at radius 1 is 1.00 bits per heavy atom. The van der Waals surface area contributed by atoms with Crippen LogP contribution in [-0.2, 0) is 27.2 Å². The van der Waals surface area contributed by atoms with Crippen LogP contribution in [0.4, 0.5) is 0 Å². The van der Waals surface area contributed by atoms with Crippen molar-refractivity contribution in [2.75, 3.05) is 33.5 Å². The third-order valence-electron chi connectivity index (χ3n) is 3.34. The highest BCUT2D eigenvalue weighted by Gasteiger charge is 2.47. The molecule has 0 radical (unpaired) electrons. The van der Waals surface area contributed by atoms with E-state index in [-0.39, 0.29) is 37.4 Å². The van der Waals surface area contributed by atoms with E-state index in [1.807, 2.05) is 6.07 Å². The third-order valence-corrected chi connectivity index (χ3v) is 8.03. The average Bonchev–Trinajstić information content (AvgIpc) is 2.54. The minimum atomic E-state index is -3.71. The fourth-order valence-electron chi connectivity index (χ4n) is 2.51. The van der Waals surface area contributed by atoms with E-state index in [0.29, 0.717) is 0 Å². The van der Waals surface area contributed by atoms with Crippen molar-refractivity contribution in [3.05, 3.63) is 23.2 Å². The molecule has 0 aromatic heterocycles. The van der Waals surface area contributed by atoms with Crippen LogP contribution >= 0.6 is 15.2 Å². The maximum atomic E-state index is 13.3.